The van der Waals surface area contributed by atoms with Gasteiger partial charge < -0.3 is 10.1 Å². The van der Waals surface area contributed by atoms with E-state index in [9.17, 15) is 4.79 Å². The molecule has 5 heteroatoms. The summed E-state index contributed by atoms with van der Waals surface area (Å²) in [5.41, 5.74) is 0.531. The van der Waals surface area contributed by atoms with Crippen molar-refractivity contribution >= 4 is 33.4 Å². The molecular formula is C17H17BrClNO2. The third kappa shape index (κ3) is 4.49. The van der Waals surface area contributed by atoms with Gasteiger partial charge in [-0.1, -0.05) is 51.8 Å². The molecule has 1 N–H and O–H groups in total. The molecule has 0 heterocycles. The second kappa shape index (κ2) is 7.16. The lowest BCUT2D eigenvalue weighted by molar-refractivity contribution is -0.124. The molecule has 0 fully saturated rings. The number of hydrogen-bond donors (Lipinski definition) is 1. The van der Waals surface area contributed by atoms with Crippen molar-refractivity contribution < 1.29 is 9.53 Å². The van der Waals surface area contributed by atoms with Crippen molar-refractivity contribution in [3.63, 3.8) is 0 Å². The van der Waals surface area contributed by atoms with Gasteiger partial charge >= 0.3 is 0 Å². The zero-order valence-corrected chi connectivity index (χ0v) is 14.7. The Morgan fingerprint density at radius 1 is 1.18 bits per heavy atom. The van der Waals surface area contributed by atoms with Gasteiger partial charge in [0.05, 0.1) is 10.6 Å². The fraction of sp³-hybridized carbons (Fsp3) is 0.235. The van der Waals surface area contributed by atoms with Crippen LogP contribution in [0, 0.1) is 0 Å². The predicted molar refractivity (Wildman–Crippen MR) is 92.3 cm³/mol. The third-order valence-electron chi connectivity index (χ3n) is 3.21. The molecule has 0 saturated carbocycles. The number of rotatable bonds is 5. The highest BCUT2D eigenvalue weighted by Crippen LogP contribution is 2.24. The Balaban J connectivity index is 1.96. The number of benzene rings is 2. The Kier molecular flexibility index (Phi) is 5.48. The second-order valence-electron chi connectivity index (χ2n) is 5.40. The summed E-state index contributed by atoms with van der Waals surface area (Å²) >= 11 is 9.39. The van der Waals surface area contributed by atoms with Crippen molar-refractivity contribution in [3.05, 3.63) is 63.6 Å². The molecule has 0 aliphatic carbocycles. The molecule has 0 radical (unpaired) electrons. The fourth-order valence-electron chi connectivity index (χ4n) is 2.03. The van der Waals surface area contributed by atoms with Crippen LogP contribution in [0.4, 0.5) is 0 Å². The topological polar surface area (TPSA) is 38.3 Å². The molecular weight excluding hydrogens is 366 g/mol. The van der Waals surface area contributed by atoms with E-state index < -0.39 is 5.54 Å². The number of para-hydroxylation sites is 1. The van der Waals surface area contributed by atoms with E-state index >= 15 is 0 Å². The first-order valence-electron chi connectivity index (χ1n) is 6.83. The summed E-state index contributed by atoms with van der Waals surface area (Å²) in [6.07, 6.45) is 0. The molecule has 0 unspecified atom stereocenters. The highest BCUT2D eigenvalue weighted by atomic mass is 79.9. The highest BCUT2D eigenvalue weighted by Gasteiger charge is 2.23. The summed E-state index contributed by atoms with van der Waals surface area (Å²) in [5, 5.41) is 3.45. The number of hydrogen-bond acceptors (Lipinski definition) is 2. The Morgan fingerprint density at radius 3 is 2.45 bits per heavy atom. The molecule has 0 aliphatic rings. The minimum Gasteiger partial charge on any atom is -0.482 e. The molecule has 2 rings (SSSR count). The number of carbonyl (C=O) groups is 1. The van der Waals surface area contributed by atoms with Crippen molar-refractivity contribution in [3.8, 4) is 5.75 Å². The second-order valence-corrected chi connectivity index (χ2v) is 6.72. The first-order chi connectivity index (χ1) is 10.4. The summed E-state index contributed by atoms with van der Waals surface area (Å²) in [7, 11) is 0. The van der Waals surface area contributed by atoms with Crippen LogP contribution in [0.2, 0.25) is 5.02 Å². The van der Waals surface area contributed by atoms with Crippen LogP contribution >= 0.6 is 27.5 Å². The van der Waals surface area contributed by atoms with Crippen molar-refractivity contribution in [2.75, 3.05) is 6.61 Å². The van der Waals surface area contributed by atoms with Gasteiger partial charge in [0, 0.05) is 4.47 Å². The van der Waals surface area contributed by atoms with Gasteiger partial charge in [0.2, 0.25) is 0 Å². The Bertz CT molecular complexity index is 656. The van der Waals surface area contributed by atoms with Gasteiger partial charge in [0.15, 0.2) is 6.61 Å². The zero-order valence-electron chi connectivity index (χ0n) is 12.4. The number of nitrogens with one attached hydrogen (secondary N) is 1. The lowest BCUT2D eigenvalue weighted by Crippen LogP contribution is -2.43. The molecule has 0 spiro atoms. The molecule has 0 bridgehead atoms. The third-order valence-corrected chi connectivity index (χ3v) is 4.05. The van der Waals surface area contributed by atoms with Crippen LogP contribution in [0.3, 0.4) is 0 Å². The maximum Gasteiger partial charge on any atom is 0.258 e. The highest BCUT2D eigenvalue weighted by molar-refractivity contribution is 9.10. The normalized spacial score (nSPS) is 11.1. The standard InChI is InChI=1S/C17H17BrClNO2/c1-17(2,12-7-9-13(18)10-8-12)20-16(21)11-22-15-6-4-3-5-14(15)19/h3-10H,11H2,1-2H3,(H,20,21). The van der Waals surface area contributed by atoms with E-state index in [2.05, 4.69) is 21.2 Å². The van der Waals surface area contributed by atoms with Crippen LogP contribution in [0.1, 0.15) is 19.4 Å². The SMILES string of the molecule is CC(C)(NC(=O)COc1ccccc1Cl)c1ccc(Br)cc1. The Morgan fingerprint density at radius 2 is 1.82 bits per heavy atom. The van der Waals surface area contributed by atoms with Gasteiger partial charge in [0.25, 0.3) is 5.91 Å². The number of amides is 1. The molecule has 0 atom stereocenters. The molecule has 0 aliphatic heterocycles. The summed E-state index contributed by atoms with van der Waals surface area (Å²) in [6.45, 7) is 3.82. The van der Waals surface area contributed by atoms with E-state index in [0.717, 1.165) is 10.0 Å². The van der Waals surface area contributed by atoms with Crippen LogP contribution in [-0.2, 0) is 10.3 Å². The van der Waals surface area contributed by atoms with E-state index in [0.29, 0.717) is 10.8 Å². The molecule has 0 aromatic heterocycles. The monoisotopic (exact) mass is 381 g/mol. The quantitative estimate of drug-likeness (QED) is 0.825. The minimum atomic E-state index is -0.484. The van der Waals surface area contributed by atoms with Crippen molar-refractivity contribution in [1.82, 2.24) is 5.32 Å². The first kappa shape index (κ1) is 16.8. The average Bonchev–Trinajstić information content (AvgIpc) is 2.46. The lowest BCUT2D eigenvalue weighted by atomic mass is 9.94. The van der Waals surface area contributed by atoms with Gasteiger partial charge in [-0.15, -0.1) is 0 Å². The van der Waals surface area contributed by atoms with Crippen LogP contribution < -0.4 is 10.1 Å². The van der Waals surface area contributed by atoms with Gasteiger partial charge in [-0.2, -0.15) is 0 Å². The lowest BCUT2D eigenvalue weighted by Gasteiger charge is -2.27. The summed E-state index contributed by atoms with van der Waals surface area (Å²) in [5.74, 6) is 0.300. The van der Waals surface area contributed by atoms with Gasteiger partial charge in [-0.05, 0) is 43.7 Å². The van der Waals surface area contributed by atoms with Gasteiger partial charge in [-0.3, -0.25) is 4.79 Å². The van der Waals surface area contributed by atoms with Crippen molar-refractivity contribution in [2.45, 2.75) is 19.4 Å². The molecule has 116 valence electrons. The predicted octanol–water partition coefficient (Wildman–Crippen LogP) is 4.53. The first-order valence-corrected chi connectivity index (χ1v) is 8.00. The van der Waals surface area contributed by atoms with E-state index in [-0.39, 0.29) is 12.5 Å². The van der Waals surface area contributed by atoms with E-state index in [4.69, 9.17) is 16.3 Å². The van der Waals surface area contributed by atoms with E-state index in [1.807, 2.05) is 50.2 Å². The molecule has 2 aromatic carbocycles. The Hall–Kier alpha value is -1.52. The average molecular weight is 383 g/mol. The minimum absolute atomic E-state index is 0.0797. The summed E-state index contributed by atoms with van der Waals surface area (Å²) in [6, 6.07) is 14.9. The number of ether oxygens (including phenoxy) is 1. The summed E-state index contributed by atoms with van der Waals surface area (Å²) in [4.78, 5) is 12.1. The van der Waals surface area contributed by atoms with E-state index in [1.54, 1.807) is 12.1 Å². The smallest absolute Gasteiger partial charge is 0.258 e. The maximum absolute atomic E-state index is 12.1. The fourth-order valence-corrected chi connectivity index (χ4v) is 2.48. The number of carbonyl (C=O) groups excluding carboxylic acids is 1. The summed E-state index contributed by atoms with van der Waals surface area (Å²) < 4.78 is 6.45. The molecule has 3 nitrogen and oxygen atoms in total. The molecule has 2 aromatic rings. The zero-order chi connectivity index (χ0) is 16.2. The van der Waals surface area contributed by atoms with Crippen LogP contribution in [0.5, 0.6) is 5.75 Å². The van der Waals surface area contributed by atoms with E-state index in [1.165, 1.54) is 0 Å². The molecule has 0 saturated heterocycles. The van der Waals surface area contributed by atoms with Crippen molar-refractivity contribution in [1.29, 1.82) is 0 Å². The molecule has 1 amide bonds. The number of halogens is 2. The Labute approximate surface area is 143 Å². The molecule has 22 heavy (non-hydrogen) atoms. The van der Waals surface area contributed by atoms with Crippen LogP contribution in [0.15, 0.2) is 53.0 Å². The van der Waals surface area contributed by atoms with Crippen LogP contribution in [-0.4, -0.2) is 12.5 Å². The van der Waals surface area contributed by atoms with Gasteiger partial charge in [-0.25, -0.2) is 0 Å². The van der Waals surface area contributed by atoms with Crippen LogP contribution in [0.25, 0.3) is 0 Å². The maximum atomic E-state index is 12.1. The largest absolute Gasteiger partial charge is 0.482 e. The van der Waals surface area contributed by atoms with Gasteiger partial charge in [0.1, 0.15) is 5.75 Å². The van der Waals surface area contributed by atoms with Crippen molar-refractivity contribution in [2.24, 2.45) is 0 Å².